The molecule has 8 nitrogen and oxygen atoms in total. The highest BCUT2D eigenvalue weighted by Gasteiger charge is 2.70. The van der Waals surface area contributed by atoms with Crippen LogP contribution in [0.2, 0.25) is 0 Å². The van der Waals surface area contributed by atoms with E-state index < -0.39 is 38.6 Å². The van der Waals surface area contributed by atoms with Crippen molar-refractivity contribution >= 4 is 33.4 Å². The minimum atomic E-state index is -5.31. The number of rotatable bonds is 5. The van der Waals surface area contributed by atoms with Gasteiger partial charge in [0.25, 0.3) is 5.84 Å². The van der Waals surface area contributed by atoms with E-state index in [0.717, 1.165) is 12.1 Å². The first-order chi connectivity index (χ1) is 13.9. The molecule has 2 amide bonds. The molecule has 0 radical (unpaired) electrons. The van der Waals surface area contributed by atoms with Crippen LogP contribution in [0.3, 0.4) is 0 Å². The Balaban J connectivity index is 2.00. The summed E-state index contributed by atoms with van der Waals surface area (Å²) in [6, 6.07) is 12.0. The predicted molar refractivity (Wildman–Crippen MR) is 99.5 cm³/mol. The fourth-order valence-corrected chi connectivity index (χ4v) is 4.02. The van der Waals surface area contributed by atoms with Gasteiger partial charge in [-0.15, -0.1) is 4.72 Å². The lowest BCUT2D eigenvalue weighted by Crippen LogP contribution is -2.96. The Hall–Kier alpha value is -3.25. The number of carbonyl (C=O) groups is 2. The summed E-state index contributed by atoms with van der Waals surface area (Å²) in [5.41, 5.74) is -3.12. The molecule has 3 rings (SSSR count). The van der Waals surface area contributed by atoms with Crippen molar-refractivity contribution in [1.29, 1.82) is 0 Å². The Morgan fingerprint density at radius 2 is 1.67 bits per heavy atom. The van der Waals surface area contributed by atoms with Crippen LogP contribution >= 0.6 is 0 Å². The van der Waals surface area contributed by atoms with Crippen molar-refractivity contribution in [2.24, 2.45) is 0 Å². The van der Waals surface area contributed by atoms with Gasteiger partial charge in [-0.1, -0.05) is 18.2 Å². The second-order valence-corrected chi connectivity index (χ2v) is 8.06. The predicted octanol–water partition coefficient (Wildman–Crippen LogP) is -0.161. The first kappa shape index (κ1) is 21.5. The Kier molecular flexibility index (Phi) is 5.39. The van der Waals surface area contributed by atoms with Gasteiger partial charge in [0, 0.05) is 12.6 Å². The van der Waals surface area contributed by atoms with E-state index >= 15 is 0 Å². The van der Waals surface area contributed by atoms with E-state index in [2.05, 4.69) is 5.32 Å². The van der Waals surface area contributed by atoms with E-state index in [1.54, 1.807) is 18.2 Å². The zero-order chi connectivity index (χ0) is 22.2. The molecule has 0 saturated heterocycles. The summed E-state index contributed by atoms with van der Waals surface area (Å²) in [5, 5.41) is 4.45. The molecule has 12 heteroatoms. The molecule has 158 valence electrons. The fraction of sp³-hybridized carbons (Fsp3) is 0.167. The second kappa shape index (κ2) is 7.54. The Morgan fingerprint density at radius 3 is 2.20 bits per heavy atom. The summed E-state index contributed by atoms with van der Waals surface area (Å²) in [6.45, 7) is 1.24. The summed E-state index contributed by atoms with van der Waals surface area (Å²) in [7, 11) is -4.79. The maximum Gasteiger partial charge on any atom is 0.460 e. The van der Waals surface area contributed by atoms with Crippen LogP contribution in [0.4, 0.5) is 18.9 Å². The van der Waals surface area contributed by atoms with Crippen LogP contribution < -0.4 is 20.3 Å². The minimum Gasteiger partial charge on any atom is -0.326 e. The van der Waals surface area contributed by atoms with E-state index in [4.69, 9.17) is 0 Å². The molecular formula is C18H16F3N4O4S+. The number of hydrogen-bond acceptors (Lipinski definition) is 4. The largest absolute Gasteiger partial charge is 0.460 e. The van der Waals surface area contributed by atoms with Gasteiger partial charge in [0.15, 0.2) is 0 Å². The minimum absolute atomic E-state index is 0.232. The third kappa shape index (κ3) is 4.04. The maximum atomic E-state index is 13.9. The number of benzene rings is 2. The molecule has 0 fully saturated rings. The average molecular weight is 441 g/mol. The monoisotopic (exact) mass is 441 g/mol. The van der Waals surface area contributed by atoms with Crippen LogP contribution in [0.25, 0.3) is 0 Å². The third-order valence-electron chi connectivity index (χ3n) is 4.15. The SMILES string of the molecule is CC(=O)Nc1ccc(S(=O)(=O)N[C@@]2(C(F)(F)F)[NH+]=C(c3ccccc3)NC2=O)cc1. The number of halogens is 3. The van der Waals surface area contributed by atoms with Crippen LogP contribution in [0.1, 0.15) is 12.5 Å². The Morgan fingerprint density at radius 1 is 1.07 bits per heavy atom. The Bertz CT molecular complexity index is 1120. The summed E-state index contributed by atoms with van der Waals surface area (Å²) < 4.78 is 68.4. The molecule has 1 heterocycles. The maximum absolute atomic E-state index is 13.9. The molecule has 0 aliphatic carbocycles. The number of sulfonamides is 1. The molecule has 1 atom stereocenters. The zero-order valence-corrected chi connectivity index (χ0v) is 16.2. The number of anilines is 1. The highest BCUT2D eigenvalue weighted by atomic mass is 32.2. The number of nitrogens with one attached hydrogen (secondary N) is 4. The molecule has 0 spiro atoms. The average Bonchev–Trinajstić information content (AvgIpc) is 2.99. The summed E-state index contributed by atoms with van der Waals surface area (Å²) in [4.78, 5) is 24.8. The molecule has 0 aromatic heterocycles. The third-order valence-corrected chi connectivity index (χ3v) is 5.62. The van der Waals surface area contributed by atoms with E-state index in [1.165, 1.54) is 35.9 Å². The summed E-state index contributed by atoms with van der Waals surface area (Å²) >= 11 is 0. The first-order valence-corrected chi connectivity index (χ1v) is 9.93. The van der Waals surface area contributed by atoms with Crippen molar-refractivity contribution in [3.63, 3.8) is 0 Å². The highest BCUT2D eigenvalue weighted by molar-refractivity contribution is 7.89. The van der Waals surface area contributed by atoms with E-state index in [0.29, 0.717) is 0 Å². The topological polar surface area (TPSA) is 118 Å². The number of carbonyl (C=O) groups excluding carboxylic acids is 2. The van der Waals surface area contributed by atoms with Crippen LogP contribution in [-0.4, -0.2) is 37.9 Å². The van der Waals surface area contributed by atoms with Crippen LogP contribution in [0.15, 0.2) is 59.5 Å². The molecule has 30 heavy (non-hydrogen) atoms. The first-order valence-electron chi connectivity index (χ1n) is 8.45. The number of alkyl halides is 3. The normalized spacial score (nSPS) is 19.2. The van der Waals surface area contributed by atoms with Crippen molar-refractivity contribution in [3.05, 3.63) is 60.2 Å². The molecule has 0 unspecified atom stereocenters. The van der Waals surface area contributed by atoms with Gasteiger partial charge >= 0.3 is 17.7 Å². The van der Waals surface area contributed by atoms with Gasteiger partial charge in [0.2, 0.25) is 15.9 Å². The lowest BCUT2D eigenvalue weighted by Gasteiger charge is -2.23. The lowest BCUT2D eigenvalue weighted by atomic mass is 10.2. The molecule has 0 bridgehead atoms. The van der Waals surface area contributed by atoms with Gasteiger partial charge in [-0.3, -0.25) is 4.79 Å². The van der Waals surface area contributed by atoms with Crippen LogP contribution in [-0.2, 0) is 19.6 Å². The van der Waals surface area contributed by atoms with Gasteiger partial charge in [-0.05, 0) is 36.4 Å². The van der Waals surface area contributed by atoms with Crippen LogP contribution in [0.5, 0.6) is 0 Å². The fourth-order valence-electron chi connectivity index (χ4n) is 2.74. The lowest BCUT2D eigenvalue weighted by molar-refractivity contribution is -0.579. The van der Waals surface area contributed by atoms with E-state index in [-0.39, 0.29) is 17.1 Å². The van der Waals surface area contributed by atoms with Gasteiger partial charge < -0.3 is 5.32 Å². The highest BCUT2D eigenvalue weighted by Crippen LogP contribution is 2.28. The van der Waals surface area contributed by atoms with Crippen molar-refractivity contribution in [3.8, 4) is 0 Å². The van der Waals surface area contributed by atoms with E-state index in [9.17, 15) is 31.2 Å². The van der Waals surface area contributed by atoms with Crippen LogP contribution in [0, 0.1) is 0 Å². The van der Waals surface area contributed by atoms with Crippen molar-refractivity contribution < 1.29 is 36.2 Å². The number of hydrogen-bond donors (Lipinski definition) is 4. The molecule has 0 saturated carbocycles. The van der Waals surface area contributed by atoms with Crippen molar-refractivity contribution in [1.82, 2.24) is 10.0 Å². The zero-order valence-electron chi connectivity index (χ0n) is 15.4. The number of amidine groups is 1. The van der Waals surface area contributed by atoms with Gasteiger partial charge in [-0.2, -0.15) is 13.2 Å². The van der Waals surface area contributed by atoms with Crippen molar-refractivity contribution in [2.75, 3.05) is 5.32 Å². The molecule has 4 N–H and O–H groups in total. The van der Waals surface area contributed by atoms with Gasteiger partial charge in [0.05, 0.1) is 10.5 Å². The summed E-state index contributed by atoms with van der Waals surface area (Å²) in [6.07, 6.45) is -5.31. The molecular weight excluding hydrogens is 425 g/mol. The standard InChI is InChI=1S/C18H15F3N4O4S/c1-11(26)22-13-7-9-14(10-8-13)30(28,29)25-17(18(19,20)21)16(27)23-15(24-17)12-5-3-2-4-6-12/h2-10,25H,1H3,(H,22,26)(H,23,24,27)/p+1/t17-/m0/s1. The second-order valence-electron chi connectivity index (χ2n) is 6.38. The van der Waals surface area contributed by atoms with E-state index in [1.807, 2.05) is 10.3 Å². The molecule has 1 aliphatic rings. The molecule has 2 aromatic rings. The molecule has 2 aromatic carbocycles. The summed E-state index contributed by atoms with van der Waals surface area (Å²) in [5.74, 6) is -2.32. The molecule has 1 aliphatic heterocycles. The smallest absolute Gasteiger partial charge is 0.326 e. The quantitative estimate of drug-likeness (QED) is 0.516. The van der Waals surface area contributed by atoms with Crippen molar-refractivity contribution in [2.45, 2.75) is 23.7 Å². The van der Waals surface area contributed by atoms with Gasteiger partial charge in [0.1, 0.15) is 0 Å². The van der Waals surface area contributed by atoms with Gasteiger partial charge in [-0.25, -0.2) is 23.5 Å². The Labute approximate surface area is 169 Å². The number of amides is 2.